The van der Waals surface area contributed by atoms with Gasteiger partial charge in [-0.2, -0.15) is 0 Å². The van der Waals surface area contributed by atoms with E-state index in [-0.39, 0.29) is 5.91 Å². The second kappa shape index (κ2) is 7.74. The Kier molecular flexibility index (Phi) is 6.65. The zero-order valence-corrected chi connectivity index (χ0v) is 12.4. The lowest BCUT2D eigenvalue weighted by Crippen LogP contribution is -2.41. The van der Waals surface area contributed by atoms with Crippen molar-refractivity contribution in [3.63, 3.8) is 0 Å². The molecule has 18 heavy (non-hydrogen) atoms. The van der Waals surface area contributed by atoms with Crippen molar-refractivity contribution in [1.29, 1.82) is 0 Å². The van der Waals surface area contributed by atoms with Crippen LogP contribution in [-0.4, -0.2) is 62.5 Å². The van der Waals surface area contributed by atoms with E-state index in [2.05, 4.69) is 24.2 Å². The maximum Gasteiger partial charge on any atom is 0.234 e. The molecule has 1 saturated carbocycles. The molecule has 0 atom stereocenters. The van der Waals surface area contributed by atoms with Crippen molar-refractivity contribution in [3.05, 3.63) is 0 Å². The molecule has 1 aliphatic rings. The third kappa shape index (κ3) is 5.83. The van der Waals surface area contributed by atoms with Crippen molar-refractivity contribution in [2.24, 2.45) is 5.92 Å². The van der Waals surface area contributed by atoms with Crippen LogP contribution in [0.15, 0.2) is 0 Å². The van der Waals surface area contributed by atoms with Crippen LogP contribution in [0, 0.1) is 5.92 Å². The molecule has 4 nitrogen and oxygen atoms in total. The molecule has 0 aromatic heterocycles. The summed E-state index contributed by atoms with van der Waals surface area (Å²) in [5.41, 5.74) is 0. The Balaban J connectivity index is 2.13. The SMILES string of the molecule is CC1CCC(N(C)CCNC(=O)CN(C)C)CC1. The number of nitrogens with one attached hydrogen (secondary N) is 1. The third-order valence-corrected chi connectivity index (χ3v) is 3.86. The standard InChI is InChI=1S/C14H29N3O/c1-12-5-7-13(8-6-12)17(4)10-9-15-14(18)11-16(2)3/h12-13H,5-11H2,1-4H3,(H,15,18). The molecule has 0 aliphatic heterocycles. The van der Waals surface area contributed by atoms with Gasteiger partial charge in [0.05, 0.1) is 6.54 Å². The van der Waals surface area contributed by atoms with Crippen molar-refractivity contribution in [3.8, 4) is 0 Å². The zero-order chi connectivity index (χ0) is 13.5. The number of carbonyl (C=O) groups is 1. The van der Waals surface area contributed by atoms with E-state index in [0.717, 1.165) is 19.0 Å². The van der Waals surface area contributed by atoms with E-state index in [1.807, 2.05) is 19.0 Å². The summed E-state index contributed by atoms with van der Waals surface area (Å²) in [5, 5.41) is 2.97. The van der Waals surface area contributed by atoms with Crippen molar-refractivity contribution >= 4 is 5.91 Å². The van der Waals surface area contributed by atoms with Crippen LogP contribution in [0.1, 0.15) is 32.6 Å². The summed E-state index contributed by atoms with van der Waals surface area (Å²) in [6.07, 6.45) is 5.32. The van der Waals surface area contributed by atoms with Gasteiger partial charge in [0.25, 0.3) is 0 Å². The number of hydrogen-bond donors (Lipinski definition) is 1. The Hall–Kier alpha value is -0.610. The lowest BCUT2D eigenvalue weighted by molar-refractivity contribution is -0.121. The van der Waals surface area contributed by atoms with Crippen molar-refractivity contribution < 1.29 is 4.79 Å². The number of likely N-dealkylation sites (N-methyl/N-ethyl adjacent to an activating group) is 2. The van der Waals surface area contributed by atoms with E-state index in [0.29, 0.717) is 12.6 Å². The molecule has 0 unspecified atom stereocenters. The van der Waals surface area contributed by atoms with Gasteiger partial charge >= 0.3 is 0 Å². The van der Waals surface area contributed by atoms with Gasteiger partial charge in [-0.05, 0) is 52.7 Å². The van der Waals surface area contributed by atoms with Gasteiger partial charge in [0.15, 0.2) is 0 Å². The van der Waals surface area contributed by atoms with Crippen molar-refractivity contribution in [2.45, 2.75) is 38.6 Å². The molecule has 4 heteroatoms. The van der Waals surface area contributed by atoms with Crippen LogP contribution in [0.5, 0.6) is 0 Å². The average molecular weight is 255 g/mol. The van der Waals surface area contributed by atoms with Crippen LogP contribution in [-0.2, 0) is 4.79 Å². The number of rotatable bonds is 6. The highest BCUT2D eigenvalue weighted by molar-refractivity contribution is 5.77. The Bertz CT molecular complexity index is 247. The van der Waals surface area contributed by atoms with E-state index in [1.54, 1.807) is 0 Å². The fraction of sp³-hybridized carbons (Fsp3) is 0.929. The average Bonchev–Trinajstić information content (AvgIpc) is 2.28. The zero-order valence-electron chi connectivity index (χ0n) is 12.4. The molecule has 1 fully saturated rings. The molecular weight excluding hydrogens is 226 g/mol. The van der Waals surface area contributed by atoms with Crippen molar-refractivity contribution in [1.82, 2.24) is 15.1 Å². The first-order chi connectivity index (χ1) is 8.49. The van der Waals surface area contributed by atoms with Gasteiger partial charge in [-0.15, -0.1) is 0 Å². The first kappa shape index (κ1) is 15.4. The molecule has 0 saturated heterocycles. The van der Waals surface area contributed by atoms with Gasteiger partial charge < -0.3 is 15.1 Å². The molecular formula is C14H29N3O. The molecule has 0 bridgehead atoms. The Morgan fingerprint density at radius 1 is 1.17 bits per heavy atom. The summed E-state index contributed by atoms with van der Waals surface area (Å²) >= 11 is 0. The number of hydrogen-bond acceptors (Lipinski definition) is 3. The quantitative estimate of drug-likeness (QED) is 0.774. The summed E-state index contributed by atoms with van der Waals surface area (Å²) < 4.78 is 0. The third-order valence-electron chi connectivity index (χ3n) is 3.86. The minimum atomic E-state index is 0.116. The molecule has 0 aromatic carbocycles. The molecule has 106 valence electrons. The fourth-order valence-electron chi connectivity index (χ4n) is 2.58. The van der Waals surface area contributed by atoms with Crippen LogP contribution in [0.3, 0.4) is 0 Å². The van der Waals surface area contributed by atoms with E-state index >= 15 is 0 Å². The van der Waals surface area contributed by atoms with Gasteiger partial charge in [0.1, 0.15) is 0 Å². The maximum atomic E-state index is 11.5. The Morgan fingerprint density at radius 2 is 1.78 bits per heavy atom. The van der Waals surface area contributed by atoms with E-state index < -0.39 is 0 Å². The number of amides is 1. The van der Waals surface area contributed by atoms with Crippen LogP contribution in [0.2, 0.25) is 0 Å². The van der Waals surface area contributed by atoms with E-state index in [9.17, 15) is 4.79 Å². The molecule has 1 amide bonds. The molecule has 0 radical (unpaired) electrons. The smallest absolute Gasteiger partial charge is 0.234 e. The molecule has 1 rings (SSSR count). The summed E-state index contributed by atoms with van der Waals surface area (Å²) in [7, 11) is 6.00. The fourth-order valence-corrected chi connectivity index (χ4v) is 2.58. The second-order valence-electron chi connectivity index (χ2n) is 5.98. The van der Waals surface area contributed by atoms with Gasteiger partial charge in [0.2, 0.25) is 5.91 Å². The lowest BCUT2D eigenvalue weighted by atomic mass is 9.87. The monoisotopic (exact) mass is 255 g/mol. The van der Waals surface area contributed by atoms with Crippen LogP contribution >= 0.6 is 0 Å². The first-order valence-corrected chi connectivity index (χ1v) is 7.10. The van der Waals surface area contributed by atoms with E-state index in [4.69, 9.17) is 0 Å². The van der Waals surface area contributed by atoms with Crippen LogP contribution in [0.4, 0.5) is 0 Å². The van der Waals surface area contributed by atoms with Gasteiger partial charge in [-0.25, -0.2) is 0 Å². The Labute approximate surface area is 112 Å². The minimum absolute atomic E-state index is 0.116. The highest BCUT2D eigenvalue weighted by Crippen LogP contribution is 2.26. The largest absolute Gasteiger partial charge is 0.354 e. The van der Waals surface area contributed by atoms with E-state index in [1.165, 1.54) is 25.7 Å². The molecule has 0 spiro atoms. The summed E-state index contributed by atoms with van der Waals surface area (Å²) in [5.74, 6) is 1.01. The highest BCUT2D eigenvalue weighted by Gasteiger charge is 2.21. The maximum absolute atomic E-state index is 11.5. The molecule has 1 N–H and O–H groups in total. The first-order valence-electron chi connectivity index (χ1n) is 7.10. The minimum Gasteiger partial charge on any atom is -0.354 e. The highest BCUT2D eigenvalue weighted by atomic mass is 16.2. The topological polar surface area (TPSA) is 35.6 Å². The van der Waals surface area contributed by atoms with Gasteiger partial charge in [-0.3, -0.25) is 4.79 Å². The molecule has 0 heterocycles. The van der Waals surface area contributed by atoms with Crippen LogP contribution in [0.25, 0.3) is 0 Å². The summed E-state index contributed by atoms with van der Waals surface area (Å²) in [6, 6.07) is 0.715. The Morgan fingerprint density at radius 3 is 2.33 bits per heavy atom. The van der Waals surface area contributed by atoms with Gasteiger partial charge in [0, 0.05) is 19.1 Å². The van der Waals surface area contributed by atoms with Crippen molar-refractivity contribution in [2.75, 3.05) is 40.8 Å². The lowest BCUT2D eigenvalue weighted by Gasteiger charge is -2.33. The predicted octanol–water partition coefficient (Wildman–Crippen LogP) is 1.17. The predicted molar refractivity (Wildman–Crippen MR) is 75.6 cm³/mol. The number of nitrogens with zero attached hydrogens (tertiary/aromatic N) is 2. The molecule has 1 aliphatic carbocycles. The summed E-state index contributed by atoms with van der Waals surface area (Å²) in [4.78, 5) is 15.8. The second-order valence-corrected chi connectivity index (χ2v) is 5.98. The van der Waals surface area contributed by atoms with Crippen LogP contribution < -0.4 is 5.32 Å². The van der Waals surface area contributed by atoms with Gasteiger partial charge in [-0.1, -0.05) is 6.92 Å². The normalized spacial score (nSPS) is 24.6. The summed E-state index contributed by atoms with van der Waals surface area (Å²) in [6.45, 7) is 4.54. The number of carbonyl (C=O) groups excluding carboxylic acids is 1. The molecule has 0 aromatic rings.